The van der Waals surface area contributed by atoms with Gasteiger partial charge in [0.05, 0.1) is 37.1 Å². The van der Waals surface area contributed by atoms with E-state index in [0.717, 1.165) is 16.8 Å². The molecule has 0 amide bonds. The summed E-state index contributed by atoms with van der Waals surface area (Å²) < 4.78 is 1.66. The molecule has 3 aromatic heterocycles. The molecule has 3 rings (SSSR count). The molecule has 10 heteroatoms. The zero-order chi connectivity index (χ0) is 19.1. The zero-order valence-electron chi connectivity index (χ0n) is 14.6. The summed E-state index contributed by atoms with van der Waals surface area (Å²) in [5.74, 6) is 6.74. The summed E-state index contributed by atoms with van der Waals surface area (Å²) in [5.41, 5.74) is 11.1. The van der Waals surface area contributed by atoms with Crippen LogP contribution in [-0.2, 0) is 13.1 Å². The summed E-state index contributed by atoms with van der Waals surface area (Å²) in [4.78, 5) is 12.7. The number of hydrazine groups is 1. The van der Waals surface area contributed by atoms with Crippen LogP contribution >= 0.6 is 0 Å². The van der Waals surface area contributed by atoms with Crippen LogP contribution in [-0.4, -0.2) is 37.8 Å². The molecule has 0 spiro atoms. The maximum absolute atomic E-state index is 9.01. The molecule has 0 saturated heterocycles. The van der Waals surface area contributed by atoms with Crippen LogP contribution in [0.5, 0.6) is 0 Å². The molecule has 0 unspecified atom stereocenters. The fourth-order valence-electron chi connectivity index (χ4n) is 2.45. The second kappa shape index (κ2) is 8.74. The maximum Gasteiger partial charge on any atom is 0.153 e. The molecule has 0 radical (unpaired) electrons. The van der Waals surface area contributed by atoms with E-state index < -0.39 is 0 Å². The first-order valence-electron chi connectivity index (χ1n) is 8.28. The molecule has 0 aliphatic carbocycles. The number of nitrogens with zero attached hydrogens (tertiary/aromatic N) is 5. The number of nitrogen functional groups attached to an aromatic ring is 1. The topological polar surface area (TPSA) is 152 Å². The summed E-state index contributed by atoms with van der Waals surface area (Å²) in [6.45, 7) is 0.972. The Morgan fingerprint density at radius 2 is 2.11 bits per heavy atom. The van der Waals surface area contributed by atoms with Crippen molar-refractivity contribution in [2.75, 3.05) is 17.3 Å². The van der Waals surface area contributed by atoms with Crippen molar-refractivity contribution < 1.29 is 5.11 Å². The van der Waals surface area contributed by atoms with Gasteiger partial charge >= 0.3 is 0 Å². The van der Waals surface area contributed by atoms with E-state index in [1.54, 1.807) is 23.1 Å². The lowest BCUT2D eigenvalue weighted by atomic mass is 10.2. The van der Waals surface area contributed by atoms with E-state index in [-0.39, 0.29) is 6.61 Å². The molecule has 0 aromatic carbocycles. The lowest BCUT2D eigenvalue weighted by molar-refractivity contribution is 0.269. The van der Waals surface area contributed by atoms with Crippen molar-refractivity contribution >= 4 is 23.7 Å². The molecular weight excluding hydrogens is 346 g/mol. The van der Waals surface area contributed by atoms with Crippen LogP contribution in [0.25, 0.3) is 11.3 Å². The third-order valence-electron chi connectivity index (χ3n) is 3.78. The Kier molecular flexibility index (Phi) is 5.92. The van der Waals surface area contributed by atoms with Gasteiger partial charge < -0.3 is 21.6 Å². The van der Waals surface area contributed by atoms with Gasteiger partial charge in [0, 0.05) is 24.5 Å². The minimum Gasteiger partial charge on any atom is -0.394 e. The lowest BCUT2D eigenvalue weighted by Crippen LogP contribution is -2.12. The van der Waals surface area contributed by atoms with Gasteiger partial charge in [-0.2, -0.15) is 5.10 Å². The zero-order valence-corrected chi connectivity index (χ0v) is 14.6. The Balaban J connectivity index is 1.76. The largest absolute Gasteiger partial charge is 0.394 e. The van der Waals surface area contributed by atoms with Gasteiger partial charge in [0.1, 0.15) is 0 Å². The highest BCUT2D eigenvalue weighted by Gasteiger charge is 2.09. The van der Waals surface area contributed by atoms with E-state index in [0.29, 0.717) is 30.4 Å². The second-order valence-corrected chi connectivity index (χ2v) is 5.61. The van der Waals surface area contributed by atoms with Crippen molar-refractivity contribution in [2.45, 2.75) is 13.1 Å². The van der Waals surface area contributed by atoms with Crippen molar-refractivity contribution in [1.29, 1.82) is 0 Å². The first-order valence-corrected chi connectivity index (χ1v) is 8.28. The Morgan fingerprint density at radius 3 is 2.81 bits per heavy atom. The number of aliphatic imine (C=N–C) groups is 1. The average molecular weight is 367 g/mol. The van der Waals surface area contributed by atoms with Gasteiger partial charge in [-0.05, 0) is 23.8 Å². The van der Waals surface area contributed by atoms with Gasteiger partial charge in [-0.25, -0.2) is 15.0 Å². The number of hydrogen-bond acceptors (Lipinski definition) is 8. The SMILES string of the molecule is NC=Nc1ccc(CNc2nc(-c3cnn(CCO)c3)ccc2NN)cn1. The Labute approximate surface area is 155 Å². The number of nitrogens with one attached hydrogen (secondary N) is 2. The van der Waals surface area contributed by atoms with Gasteiger partial charge in [0.2, 0.25) is 0 Å². The number of anilines is 2. The summed E-state index contributed by atoms with van der Waals surface area (Å²) in [6.07, 6.45) is 6.46. The molecule has 10 nitrogen and oxygen atoms in total. The molecule has 3 aromatic rings. The normalized spacial score (nSPS) is 11.0. The van der Waals surface area contributed by atoms with Crippen LogP contribution in [0.4, 0.5) is 17.3 Å². The summed E-state index contributed by atoms with van der Waals surface area (Å²) in [7, 11) is 0. The minimum absolute atomic E-state index is 0.0286. The fourth-order valence-corrected chi connectivity index (χ4v) is 2.45. The predicted octanol–water partition coefficient (Wildman–Crippen LogP) is 0.849. The Morgan fingerprint density at radius 1 is 1.22 bits per heavy atom. The van der Waals surface area contributed by atoms with Crippen LogP contribution in [0.3, 0.4) is 0 Å². The number of hydrogen-bond donors (Lipinski definition) is 5. The second-order valence-electron chi connectivity index (χ2n) is 5.61. The maximum atomic E-state index is 9.01. The standard InChI is InChI=1S/C17H21N9O/c18-11-22-16-4-1-12(7-20-16)8-21-17-15(25-19)3-2-14(24-17)13-9-23-26(10-13)5-6-27/h1-4,7,9-11,25,27H,5-6,8,19H2,(H,21,24)(H2,18,20,22). The van der Waals surface area contributed by atoms with Gasteiger partial charge in [0.25, 0.3) is 0 Å². The van der Waals surface area contributed by atoms with Crippen molar-refractivity contribution in [3.8, 4) is 11.3 Å². The molecule has 3 heterocycles. The Bertz CT molecular complexity index is 905. The number of aliphatic hydroxyl groups excluding tert-OH is 1. The highest BCUT2D eigenvalue weighted by molar-refractivity contribution is 5.70. The van der Waals surface area contributed by atoms with Crippen LogP contribution < -0.4 is 22.3 Å². The first-order chi connectivity index (χ1) is 13.2. The number of nitrogens with two attached hydrogens (primary N) is 2. The number of pyridine rings is 2. The average Bonchev–Trinajstić information content (AvgIpc) is 3.16. The molecule has 0 aliphatic heterocycles. The number of aliphatic hydroxyl groups is 1. The van der Waals surface area contributed by atoms with E-state index in [9.17, 15) is 0 Å². The van der Waals surface area contributed by atoms with Gasteiger partial charge in [0.15, 0.2) is 11.6 Å². The quantitative estimate of drug-likeness (QED) is 0.170. The minimum atomic E-state index is 0.0286. The monoisotopic (exact) mass is 367 g/mol. The van der Waals surface area contributed by atoms with E-state index in [1.165, 1.54) is 6.34 Å². The molecule has 0 atom stereocenters. The molecule has 0 fully saturated rings. The molecular formula is C17H21N9O. The molecule has 7 N–H and O–H groups in total. The molecule has 140 valence electrons. The first kappa shape index (κ1) is 18.3. The van der Waals surface area contributed by atoms with Crippen LogP contribution in [0.1, 0.15) is 5.56 Å². The highest BCUT2D eigenvalue weighted by atomic mass is 16.3. The van der Waals surface area contributed by atoms with E-state index in [4.69, 9.17) is 16.7 Å². The van der Waals surface area contributed by atoms with Crippen molar-refractivity contribution in [2.24, 2.45) is 16.6 Å². The predicted molar refractivity (Wildman–Crippen MR) is 104 cm³/mol. The van der Waals surface area contributed by atoms with Crippen molar-refractivity contribution in [3.63, 3.8) is 0 Å². The van der Waals surface area contributed by atoms with E-state index >= 15 is 0 Å². The Hall–Kier alpha value is -3.50. The summed E-state index contributed by atoms with van der Waals surface area (Å²) in [5, 5.41) is 16.5. The van der Waals surface area contributed by atoms with Crippen LogP contribution in [0.2, 0.25) is 0 Å². The number of rotatable bonds is 8. The lowest BCUT2D eigenvalue weighted by Gasteiger charge is -2.12. The van der Waals surface area contributed by atoms with E-state index in [2.05, 4.69) is 30.8 Å². The van der Waals surface area contributed by atoms with Crippen LogP contribution in [0.15, 0.2) is 47.8 Å². The fraction of sp³-hybridized carbons (Fsp3) is 0.176. The molecule has 27 heavy (non-hydrogen) atoms. The summed E-state index contributed by atoms with van der Waals surface area (Å²) >= 11 is 0. The van der Waals surface area contributed by atoms with Crippen LogP contribution in [0, 0.1) is 0 Å². The molecule has 0 saturated carbocycles. The molecule has 0 bridgehead atoms. The van der Waals surface area contributed by atoms with Gasteiger partial charge in [-0.3, -0.25) is 10.5 Å². The third-order valence-corrected chi connectivity index (χ3v) is 3.78. The number of aromatic nitrogens is 4. The smallest absolute Gasteiger partial charge is 0.153 e. The third kappa shape index (κ3) is 4.57. The highest BCUT2D eigenvalue weighted by Crippen LogP contribution is 2.25. The molecule has 0 aliphatic rings. The van der Waals surface area contributed by atoms with Gasteiger partial charge in [-0.1, -0.05) is 6.07 Å². The van der Waals surface area contributed by atoms with Gasteiger partial charge in [-0.15, -0.1) is 0 Å². The van der Waals surface area contributed by atoms with E-state index in [1.807, 2.05) is 24.4 Å². The summed E-state index contributed by atoms with van der Waals surface area (Å²) in [6, 6.07) is 7.37. The van der Waals surface area contributed by atoms with Crippen molar-refractivity contribution in [1.82, 2.24) is 19.7 Å². The van der Waals surface area contributed by atoms with Crippen molar-refractivity contribution in [3.05, 3.63) is 48.4 Å².